The van der Waals surface area contributed by atoms with Gasteiger partial charge in [0.05, 0.1) is 19.2 Å². The molecule has 4 rings (SSSR count). The molecular formula is C35H46N6O3. The Balaban J connectivity index is 1.42. The van der Waals surface area contributed by atoms with Crippen molar-refractivity contribution in [3.63, 3.8) is 0 Å². The zero-order chi connectivity index (χ0) is 31.3. The number of carbonyl (C=O) groups is 2. The van der Waals surface area contributed by atoms with Crippen molar-refractivity contribution in [2.24, 2.45) is 0 Å². The van der Waals surface area contributed by atoms with E-state index >= 15 is 0 Å². The molecule has 2 atom stereocenters. The maximum Gasteiger partial charge on any atom is 0.251 e. The first-order chi connectivity index (χ1) is 21.4. The highest BCUT2D eigenvalue weighted by atomic mass is 16.5. The second kappa shape index (κ2) is 16.7. The Morgan fingerprint density at radius 1 is 0.932 bits per heavy atom. The molecule has 4 aromatic rings. The van der Waals surface area contributed by atoms with Gasteiger partial charge in [-0.2, -0.15) is 0 Å². The van der Waals surface area contributed by atoms with Gasteiger partial charge in [-0.25, -0.2) is 4.98 Å². The number of hydrogen-bond acceptors (Lipinski definition) is 6. The second-order valence-corrected chi connectivity index (χ2v) is 11.4. The number of benzene rings is 3. The molecule has 234 valence electrons. The van der Waals surface area contributed by atoms with E-state index in [1.54, 1.807) is 31.6 Å². The van der Waals surface area contributed by atoms with Gasteiger partial charge in [-0.15, -0.1) is 0 Å². The zero-order valence-electron chi connectivity index (χ0n) is 26.3. The fourth-order valence-corrected chi connectivity index (χ4v) is 5.36. The van der Waals surface area contributed by atoms with E-state index in [-0.39, 0.29) is 17.9 Å². The lowest BCUT2D eigenvalue weighted by Gasteiger charge is -2.27. The number of imidazole rings is 1. The van der Waals surface area contributed by atoms with Gasteiger partial charge >= 0.3 is 0 Å². The Bertz CT molecular complexity index is 1450. The van der Waals surface area contributed by atoms with E-state index in [0.29, 0.717) is 37.7 Å². The third-order valence-corrected chi connectivity index (χ3v) is 7.91. The molecule has 0 spiro atoms. The second-order valence-electron chi connectivity index (χ2n) is 11.4. The molecule has 0 aliphatic carbocycles. The van der Waals surface area contributed by atoms with Crippen LogP contribution in [-0.4, -0.2) is 65.6 Å². The minimum absolute atomic E-state index is 0.189. The van der Waals surface area contributed by atoms with Crippen LogP contribution in [0.3, 0.4) is 0 Å². The lowest BCUT2D eigenvalue weighted by atomic mass is 9.99. The molecule has 0 bridgehead atoms. The van der Waals surface area contributed by atoms with E-state index in [1.165, 1.54) is 0 Å². The van der Waals surface area contributed by atoms with Crippen LogP contribution in [0.25, 0.3) is 10.8 Å². The molecule has 0 aliphatic rings. The Labute approximate surface area is 260 Å². The lowest BCUT2D eigenvalue weighted by Crippen LogP contribution is -2.47. The summed E-state index contributed by atoms with van der Waals surface area (Å²) in [6.07, 6.45) is 4.79. The number of aromatic nitrogens is 2. The summed E-state index contributed by atoms with van der Waals surface area (Å²) in [7, 11) is 1.70. The molecule has 9 nitrogen and oxygen atoms in total. The first-order valence-electron chi connectivity index (χ1n) is 15.5. The highest BCUT2D eigenvalue weighted by Crippen LogP contribution is 2.24. The summed E-state index contributed by atoms with van der Waals surface area (Å²) < 4.78 is 5.28. The number of methoxy groups -OCH3 is 1. The van der Waals surface area contributed by atoms with Crippen molar-refractivity contribution in [1.29, 1.82) is 0 Å². The normalized spacial score (nSPS) is 12.9. The number of nitrogens with zero attached hydrogens (tertiary/aromatic N) is 2. The van der Waals surface area contributed by atoms with Gasteiger partial charge in [0.2, 0.25) is 5.91 Å². The SMILES string of the molecule is COCCN(CCC[C@H](NC(=O)c1ccc(CNCc2ncc[nH]2)cc1)C(=O)N[C@@H](C)c1cccc2ccccc12)C(C)C. The van der Waals surface area contributed by atoms with Crippen LogP contribution in [0.4, 0.5) is 0 Å². The summed E-state index contributed by atoms with van der Waals surface area (Å²) in [6, 6.07) is 21.2. The molecule has 2 amide bonds. The third-order valence-electron chi connectivity index (χ3n) is 7.91. The van der Waals surface area contributed by atoms with Gasteiger partial charge in [-0.3, -0.25) is 14.5 Å². The molecule has 4 N–H and O–H groups in total. The summed E-state index contributed by atoms with van der Waals surface area (Å²) in [5, 5.41) is 11.8. The fraction of sp³-hybridized carbons (Fsp3) is 0.400. The quantitative estimate of drug-likeness (QED) is 0.137. The van der Waals surface area contributed by atoms with Gasteiger partial charge in [0.15, 0.2) is 0 Å². The minimum Gasteiger partial charge on any atom is -0.383 e. The monoisotopic (exact) mass is 598 g/mol. The highest BCUT2D eigenvalue weighted by molar-refractivity contribution is 5.97. The predicted octanol–water partition coefficient (Wildman–Crippen LogP) is 4.97. The van der Waals surface area contributed by atoms with Gasteiger partial charge in [0.1, 0.15) is 11.9 Å². The summed E-state index contributed by atoms with van der Waals surface area (Å²) in [4.78, 5) is 36.7. The van der Waals surface area contributed by atoms with E-state index in [2.05, 4.69) is 62.9 Å². The molecule has 0 aliphatic heterocycles. The van der Waals surface area contributed by atoms with Gasteiger partial charge in [0, 0.05) is 44.2 Å². The Morgan fingerprint density at radius 2 is 1.70 bits per heavy atom. The van der Waals surface area contributed by atoms with Crippen LogP contribution in [-0.2, 0) is 22.6 Å². The Hall–Kier alpha value is -4.05. The van der Waals surface area contributed by atoms with E-state index < -0.39 is 6.04 Å². The molecule has 0 unspecified atom stereocenters. The summed E-state index contributed by atoms with van der Waals surface area (Å²) in [6.45, 7) is 9.85. The standard InChI is InChI=1S/C35H46N6O3/c1-25(2)41(21-22-44-4)20-8-13-32(35(43)39-26(3)30-12-7-10-28-9-5-6-11-31(28)30)40-34(42)29-16-14-27(15-17-29)23-36-24-33-37-18-19-38-33/h5-7,9-12,14-19,25-26,32,36H,8,13,20-24H2,1-4H3,(H,37,38)(H,39,43)(H,40,42)/t26-,32-/m0/s1. The zero-order valence-corrected chi connectivity index (χ0v) is 26.3. The van der Waals surface area contributed by atoms with Crippen LogP contribution < -0.4 is 16.0 Å². The van der Waals surface area contributed by atoms with Gasteiger partial charge in [0.25, 0.3) is 5.91 Å². The van der Waals surface area contributed by atoms with Gasteiger partial charge in [-0.05, 0) is 74.2 Å². The smallest absolute Gasteiger partial charge is 0.251 e. The van der Waals surface area contributed by atoms with Crippen LogP contribution in [0.5, 0.6) is 0 Å². The van der Waals surface area contributed by atoms with Crippen molar-refractivity contribution in [3.8, 4) is 0 Å². The van der Waals surface area contributed by atoms with E-state index in [0.717, 1.165) is 47.2 Å². The van der Waals surface area contributed by atoms with E-state index in [4.69, 9.17) is 4.74 Å². The number of ether oxygens (including phenoxy) is 1. The largest absolute Gasteiger partial charge is 0.383 e. The van der Waals surface area contributed by atoms with Crippen molar-refractivity contribution in [2.45, 2.75) is 64.8 Å². The maximum atomic E-state index is 13.7. The number of hydrogen-bond donors (Lipinski definition) is 4. The number of rotatable bonds is 17. The average molecular weight is 599 g/mol. The number of amides is 2. The number of nitrogens with one attached hydrogen (secondary N) is 4. The van der Waals surface area contributed by atoms with Crippen molar-refractivity contribution in [3.05, 3.63) is 102 Å². The highest BCUT2D eigenvalue weighted by Gasteiger charge is 2.24. The molecule has 44 heavy (non-hydrogen) atoms. The summed E-state index contributed by atoms with van der Waals surface area (Å²) in [5.41, 5.74) is 2.61. The topological polar surface area (TPSA) is 111 Å². The van der Waals surface area contributed by atoms with Crippen LogP contribution in [0.1, 0.15) is 67.0 Å². The summed E-state index contributed by atoms with van der Waals surface area (Å²) >= 11 is 0. The molecule has 1 heterocycles. The molecular weight excluding hydrogens is 552 g/mol. The lowest BCUT2D eigenvalue weighted by molar-refractivity contribution is -0.123. The molecule has 1 aromatic heterocycles. The Kier molecular flexibility index (Phi) is 12.5. The van der Waals surface area contributed by atoms with Crippen molar-refractivity contribution >= 4 is 22.6 Å². The van der Waals surface area contributed by atoms with Crippen LogP contribution in [0.2, 0.25) is 0 Å². The molecule has 0 saturated carbocycles. The third kappa shape index (κ3) is 9.47. The first-order valence-corrected chi connectivity index (χ1v) is 15.5. The van der Waals surface area contributed by atoms with E-state index in [1.807, 2.05) is 43.3 Å². The van der Waals surface area contributed by atoms with Gasteiger partial charge in [-0.1, -0.05) is 54.6 Å². The minimum atomic E-state index is -0.675. The number of H-pyrrole nitrogens is 1. The number of fused-ring (bicyclic) bond motifs is 1. The van der Waals surface area contributed by atoms with Crippen LogP contribution in [0, 0.1) is 0 Å². The average Bonchev–Trinajstić information content (AvgIpc) is 3.55. The van der Waals surface area contributed by atoms with Crippen molar-refractivity contribution in [2.75, 3.05) is 26.8 Å². The predicted molar refractivity (Wildman–Crippen MR) is 175 cm³/mol. The molecule has 0 saturated heterocycles. The number of aromatic amines is 1. The number of carbonyl (C=O) groups excluding carboxylic acids is 2. The van der Waals surface area contributed by atoms with Gasteiger partial charge < -0.3 is 25.7 Å². The fourth-order valence-electron chi connectivity index (χ4n) is 5.36. The Morgan fingerprint density at radius 3 is 2.43 bits per heavy atom. The van der Waals surface area contributed by atoms with Crippen LogP contribution in [0.15, 0.2) is 79.1 Å². The molecule has 0 fully saturated rings. The molecule has 9 heteroatoms. The van der Waals surface area contributed by atoms with Crippen molar-refractivity contribution < 1.29 is 14.3 Å². The maximum absolute atomic E-state index is 13.7. The van der Waals surface area contributed by atoms with Crippen molar-refractivity contribution in [1.82, 2.24) is 30.8 Å². The first kappa shape index (κ1) is 32.9. The van der Waals surface area contributed by atoms with Crippen LogP contribution >= 0.6 is 0 Å². The van der Waals surface area contributed by atoms with E-state index in [9.17, 15) is 9.59 Å². The molecule has 3 aromatic carbocycles. The molecule has 0 radical (unpaired) electrons. The summed E-state index contributed by atoms with van der Waals surface area (Å²) in [5.74, 6) is 0.416.